The van der Waals surface area contributed by atoms with Gasteiger partial charge in [-0.1, -0.05) is 0 Å². The van der Waals surface area contributed by atoms with Crippen LogP contribution in [0.1, 0.15) is 11.0 Å². The number of nitrogens with one attached hydrogen (secondary N) is 1. The first-order chi connectivity index (χ1) is 12.5. The molecule has 3 rings (SSSR count). The van der Waals surface area contributed by atoms with Crippen molar-refractivity contribution in [3.05, 3.63) is 54.2 Å². The molecule has 1 N–H and O–H groups in total. The number of ether oxygens (including phenoxy) is 1. The lowest BCUT2D eigenvalue weighted by Gasteiger charge is -2.27. The minimum Gasteiger partial charge on any atom is -0.468 e. The number of nitrogens with zero attached hydrogens (tertiary/aromatic N) is 1. The van der Waals surface area contributed by atoms with Crippen LogP contribution in [0.3, 0.4) is 0 Å². The van der Waals surface area contributed by atoms with Gasteiger partial charge in [0.2, 0.25) is 0 Å². The van der Waals surface area contributed by atoms with E-state index in [4.69, 9.17) is 9.15 Å². The fourth-order valence-electron chi connectivity index (χ4n) is 2.68. The summed E-state index contributed by atoms with van der Waals surface area (Å²) in [6.07, 6.45) is 1.37. The average molecular weight is 382 g/mol. The first-order valence-corrected chi connectivity index (χ1v) is 9.66. The van der Waals surface area contributed by atoms with Crippen LogP contribution in [0.15, 0.2) is 52.0 Å². The molecule has 1 fully saturated rings. The van der Waals surface area contributed by atoms with E-state index in [1.807, 2.05) is 0 Å². The van der Waals surface area contributed by atoms with Crippen LogP contribution in [-0.2, 0) is 14.6 Å². The fraction of sp³-hybridized carbons (Fsp3) is 0.353. The summed E-state index contributed by atoms with van der Waals surface area (Å²) >= 11 is 0. The third-order valence-electron chi connectivity index (χ3n) is 4.11. The van der Waals surface area contributed by atoms with Crippen molar-refractivity contribution < 1.29 is 26.8 Å². The van der Waals surface area contributed by atoms with Crippen LogP contribution in [0, 0.1) is 5.82 Å². The lowest BCUT2D eigenvalue weighted by Crippen LogP contribution is -2.47. The zero-order valence-electron chi connectivity index (χ0n) is 13.9. The maximum absolute atomic E-state index is 13.1. The van der Waals surface area contributed by atoms with Crippen LogP contribution in [-0.4, -0.2) is 52.2 Å². The van der Waals surface area contributed by atoms with Gasteiger partial charge < -0.3 is 19.4 Å². The van der Waals surface area contributed by atoms with Crippen molar-refractivity contribution in [1.29, 1.82) is 0 Å². The van der Waals surface area contributed by atoms with Gasteiger partial charge in [0.05, 0.1) is 24.4 Å². The number of morpholine rings is 1. The Balaban J connectivity index is 1.79. The fourth-order valence-corrected chi connectivity index (χ4v) is 4.27. The number of sulfone groups is 1. The third kappa shape index (κ3) is 4.05. The lowest BCUT2D eigenvalue weighted by molar-refractivity contribution is 0.0532. The van der Waals surface area contributed by atoms with E-state index in [1.54, 1.807) is 11.0 Å². The zero-order valence-corrected chi connectivity index (χ0v) is 14.7. The van der Waals surface area contributed by atoms with Crippen LogP contribution >= 0.6 is 0 Å². The molecule has 7 nitrogen and oxygen atoms in total. The monoisotopic (exact) mass is 382 g/mol. The summed E-state index contributed by atoms with van der Waals surface area (Å²) in [7, 11) is -3.89. The van der Waals surface area contributed by atoms with E-state index in [2.05, 4.69) is 5.32 Å². The average Bonchev–Trinajstić information content (AvgIpc) is 3.17. The summed E-state index contributed by atoms with van der Waals surface area (Å²) in [5.74, 6) is -0.323. The molecule has 0 saturated carbocycles. The van der Waals surface area contributed by atoms with Gasteiger partial charge in [-0.2, -0.15) is 0 Å². The van der Waals surface area contributed by atoms with Gasteiger partial charge in [0.25, 0.3) is 0 Å². The Morgan fingerprint density at radius 2 is 1.88 bits per heavy atom. The molecule has 1 unspecified atom stereocenters. The van der Waals surface area contributed by atoms with Gasteiger partial charge in [0, 0.05) is 19.6 Å². The Morgan fingerprint density at radius 3 is 2.50 bits per heavy atom. The van der Waals surface area contributed by atoms with Crippen LogP contribution < -0.4 is 5.32 Å². The van der Waals surface area contributed by atoms with Gasteiger partial charge in [-0.15, -0.1) is 0 Å². The number of furan rings is 1. The predicted molar refractivity (Wildman–Crippen MR) is 90.8 cm³/mol. The van der Waals surface area contributed by atoms with Crippen LogP contribution in [0.5, 0.6) is 0 Å². The van der Waals surface area contributed by atoms with E-state index in [1.165, 1.54) is 24.5 Å². The molecule has 9 heteroatoms. The molecule has 1 aromatic carbocycles. The molecular weight excluding hydrogens is 363 g/mol. The van der Waals surface area contributed by atoms with E-state index in [-0.39, 0.29) is 23.2 Å². The molecule has 26 heavy (non-hydrogen) atoms. The van der Waals surface area contributed by atoms with E-state index in [0.29, 0.717) is 26.3 Å². The highest BCUT2D eigenvalue weighted by Gasteiger charge is 2.32. The number of carbonyl (C=O) groups excluding carboxylic acids is 1. The second-order valence-corrected chi connectivity index (χ2v) is 7.92. The number of hydrogen-bond acceptors (Lipinski definition) is 5. The second-order valence-electron chi connectivity index (χ2n) is 5.79. The highest BCUT2D eigenvalue weighted by Crippen LogP contribution is 2.29. The largest absolute Gasteiger partial charge is 0.468 e. The minimum atomic E-state index is -3.89. The number of halogens is 1. The van der Waals surface area contributed by atoms with Gasteiger partial charge in [0.1, 0.15) is 16.8 Å². The Morgan fingerprint density at radius 1 is 1.19 bits per heavy atom. The molecule has 0 bridgehead atoms. The molecule has 1 atom stereocenters. The standard InChI is InChI=1S/C17H19FN2O5S/c18-13-3-5-14(6-4-13)26(22,23)16(15-2-1-9-25-15)12-19-17(21)20-7-10-24-11-8-20/h1-6,9,16H,7-8,10-12H2,(H,19,21). The summed E-state index contributed by atoms with van der Waals surface area (Å²) in [5.41, 5.74) is 0. The number of carbonyl (C=O) groups is 1. The Kier molecular flexibility index (Phi) is 5.58. The maximum Gasteiger partial charge on any atom is 0.317 e. The first kappa shape index (κ1) is 18.4. The molecular formula is C17H19FN2O5S. The van der Waals surface area contributed by atoms with Crippen molar-refractivity contribution >= 4 is 15.9 Å². The summed E-state index contributed by atoms with van der Waals surface area (Å²) in [6.45, 7) is 1.62. The summed E-state index contributed by atoms with van der Waals surface area (Å²) in [4.78, 5) is 13.8. The molecule has 1 aliphatic heterocycles. The number of urea groups is 1. The topological polar surface area (TPSA) is 88.8 Å². The smallest absolute Gasteiger partial charge is 0.317 e. The van der Waals surface area contributed by atoms with Gasteiger partial charge in [-0.05, 0) is 36.4 Å². The molecule has 0 aliphatic carbocycles. The lowest BCUT2D eigenvalue weighted by atomic mass is 10.3. The zero-order chi connectivity index (χ0) is 18.6. The summed E-state index contributed by atoms with van der Waals surface area (Å²) in [5, 5.41) is 1.53. The van der Waals surface area contributed by atoms with Crippen molar-refractivity contribution in [3.8, 4) is 0 Å². The van der Waals surface area contributed by atoms with Crippen molar-refractivity contribution in [3.63, 3.8) is 0 Å². The van der Waals surface area contributed by atoms with Crippen LogP contribution in [0.25, 0.3) is 0 Å². The molecule has 2 aromatic rings. The van der Waals surface area contributed by atoms with Crippen LogP contribution in [0.4, 0.5) is 9.18 Å². The number of rotatable bonds is 5. The second kappa shape index (κ2) is 7.88. The molecule has 2 amide bonds. The first-order valence-electron chi connectivity index (χ1n) is 8.12. The third-order valence-corrected chi connectivity index (χ3v) is 6.19. The Labute approximate surface area is 150 Å². The minimum absolute atomic E-state index is 0.0408. The van der Waals surface area contributed by atoms with E-state index in [9.17, 15) is 17.6 Å². The van der Waals surface area contributed by atoms with Gasteiger partial charge in [-0.3, -0.25) is 0 Å². The highest BCUT2D eigenvalue weighted by molar-refractivity contribution is 7.91. The van der Waals surface area contributed by atoms with Crippen LogP contribution in [0.2, 0.25) is 0 Å². The predicted octanol–water partition coefficient (Wildman–Crippen LogP) is 1.98. The molecule has 2 heterocycles. The SMILES string of the molecule is O=C(NCC(c1ccco1)S(=O)(=O)c1ccc(F)cc1)N1CCOCC1. The quantitative estimate of drug-likeness (QED) is 0.799. The molecule has 0 radical (unpaired) electrons. The highest BCUT2D eigenvalue weighted by atomic mass is 32.2. The van der Waals surface area contributed by atoms with Crippen molar-refractivity contribution in [2.45, 2.75) is 10.1 Å². The summed E-state index contributed by atoms with van der Waals surface area (Å²) < 4.78 is 49.5. The van der Waals surface area contributed by atoms with E-state index < -0.39 is 20.9 Å². The number of hydrogen-bond donors (Lipinski definition) is 1. The Bertz CT molecular complexity index is 831. The van der Waals surface area contributed by atoms with E-state index in [0.717, 1.165) is 12.1 Å². The molecule has 1 aliphatic rings. The molecule has 1 saturated heterocycles. The van der Waals surface area contributed by atoms with Crippen molar-refractivity contribution in [2.75, 3.05) is 32.8 Å². The van der Waals surface area contributed by atoms with Gasteiger partial charge >= 0.3 is 6.03 Å². The van der Waals surface area contributed by atoms with Gasteiger partial charge in [0.15, 0.2) is 9.84 Å². The summed E-state index contributed by atoms with van der Waals surface area (Å²) in [6, 6.07) is 7.31. The molecule has 0 spiro atoms. The maximum atomic E-state index is 13.1. The molecule has 140 valence electrons. The number of benzene rings is 1. The Hall–Kier alpha value is -2.39. The van der Waals surface area contributed by atoms with Gasteiger partial charge in [-0.25, -0.2) is 17.6 Å². The van der Waals surface area contributed by atoms with Crippen molar-refractivity contribution in [2.24, 2.45) is 0 Å². The normalized spacial score (nSPS) is 16.3. The van der Waals surface area contributed by atoms with Crippen molar-refractivity contribution in [1.82, 2.24) is 10.2 Å². The molecule has 1 aromatic heterocycles. The van der Waals surface area contributed by atoms with E-state index >= 15 is 0 Å². The number of amides is 2.